The Bertz CT molecular complexity index is 1350. The summed E-state index contributed by atoms with van der Waals surface area (Å²) in [6.07, 6.45) is -0.438. The second kappa shape index (κ2) is 10.5. The number of carbonyl (C=O) groups is 1. The number of benzene rings is 2. The summed E-state index contributed by atoms with van der Waals surface area (Å²) in [4.78, 5) is 25.7. The fourth-order valence-corrected chi connectivity index (χ4v) is 3.31. The number of para-hydroxylation sites is 1. The van der Waals surface area contributed by atoms with Gasteiger partial charge in [-0.2, -0.15) is 4.68 Å². The molecule has 0 aliphatic carbocycles. The highest BCUT2D eigenvalue weighted by atomic mass is 35.5. The van der Waals surface area contributed by atoms with Gasteiger partial charge in [0.15, 0.2) is 11.9 Å². The Labute approximate surface area is 207 Å². The average molecular weight is 529 g/mol. The molecular formula is C23H21ClF4N4O4. The molecule has 1 amide bonds. The first-order valence-corrected chi connectivity index (χ1v) is 10.8. The Hall–Kier alpha value is -3.64. The first-order chi connectivity index (χ1) is 16.9. The Balaban J connectivity index is 2.16. The van der Waals surface area contributed by atoms with Crippen molar-refractivity contribution in [3.63, 3.8) is 0 Å². The molecule has 3 rings (SSSR count). The number of aliphatic hydroxyl groups is 1. The summed E-state index contributed by atoms with van der Waals surface area (Å²) in [6, 6.07) is 5.08. The van der Waals surface area contributed by atoms with Crippen molar-refractivity contribution >= 4 is 23.2 Å². The van der Waals surface area contributed by atoms with Crippen LogP contribution in [0.4, 0.5) is 23.2 Å². The van der Waals surface area contributed by atoms with Crippen LogP contribution >= 0.6 is 11.6 Å². The molecule has 0 radical (unpaired) electrons. The molecule has 1 aromatic heterocycles. The number of hydrogen-bond acceptors (Lipinski definition) is 5. The zero-order chi connectivity index (χ0) is 26.8. The average Bonchev–Trinajstić information content (AvgIpc) is 3.12. The first-order valence-electron chi connectivity index (χ1n) is 10.4. The smallest absolute Gasteiger partial charge is 0.351 e. The summed E-state index contributed by atoms with van der Waals surface area (Å²) in [5, 5.41) is 15.4. The first kappa shape index (κ1) is 27.0. The van der Waals surface area contributed by atoms with Gasteiger partial charge >= 0.3 is 5.69 Å². The van der Waals surface area contributed by atoms with Gasteiger partial charge in [-0.05, 0) is 25.1 Å². The van der Waals surface area contributed by atoms with Gasteiger partial charge in [-0.25, -0.2) is 22.4 Å². The van der Waals surface area contributed by atoms with Crippen LogP contribution in [0.15, 0.2) is 47.8 Å². The lowest BCUT2D eigenvalue weighted by Gasteiger charge is -2.23. The molecule has 36 heavy (non-hydrogen) atoms. The van der Waals surface area contributed by atoms with E-state index in [0.717, 1.165) is 23.6 Å². The van der Waals surface area contributed by atoms with E-state index in [9.17, 15) is 27.9 Å². The van der Waals surface area contributed by atoms with Crippen LogP contribution in [0.2, 0.25) is 5.02 Å². The molecule has 0 spiro atoms. The molecule has 2 N–H and O–H groups in total. The van der Waals surface area contributed by atoms with E-state index in [1.165, 1.54) is 18.2 Å². The molecule has 1 heterocycles. The minimum absolute atomic E-state index is 0.0529. The number of ether oxygens (including phenoxy) is 1. The molecule has 0 fully saturated rings. The van der Waals surface area contributed by atoms with Gasteiger partial charge in [-0.15, -0.1) is 11.7 Å². The summed E-state index contributed by atoms with van der Waals surface area (Å²) in [6.45, 7) is 4.38. The number of rotatable bonds is 9. The highest BCUT2D eigenvalue weighted by Gasteiger charge is 2.34. The summed E-state index contributed by atoms with van der Waals surface area (Å²) >= 11 is 5.92. The third kappa shape index (κ3) is 5.44. The van der Waals surface area contributed by atoms with Crippen LogP contribution in [0, 0.1) is 11.6 Å². The molecule has 13 heteroatoms. The lowest BCUT2D eigenvalue weighted by atomic mass is 10.1. The second-order valence-corrected chi connectivity index (χ2v) is 8.14. The van der Waals surface area contributed by atoms with Crippen LogP contribution in [0.1, 0.15) is 30.0 Å². The van der Waals surface area contributed by atoms with Gasteiger partial charge in [0.25, 0.3) is 11.8 Å². The van der Waals surface area contributed by atoms with Gasteiger partial charge < -0.3 is 15.2 Å². The summed E-state index contributed by atoms with van der Waals surface area (Å²) in [7, 11) is 0. The number of anilines is 1. The number of halogens is 5. The molecule has 0 saturated heterocycles. The molecule has 3 aromatic rings. The standard InChI is InChI=1S/C23H21ClF4N4O4/c1-4-8-31-19(11-33)30-32(22(31)35)17-10-18(36-12(2)23(3,27)28)13(9-16(17)26)21(34)29-20-14(24)6-5-7-15(20)25/h4-7,9-10,12,33H,1,8,11H2,2-3H3,(H,29,34)/t12-/m0/s1. The largest absolute Gasteiger partial charge is 0.484 e. The lowest BCUT2D eigenvalue weighted by Crippen LogP contribution is -2.33. The number of nitrogens with zero attached hydrogens (tertiary/aromatic N) is 3. The Morgan fingerprint density at radius 1 is 1.33 bits per heavy atom. The van der Waals surface area contributed by atoms with Gasteiger partial charge in [0.2, 0.25) is 0 Å². The van der Waals surface area contributed by atoms with Crippen molar-refractivity contribution in [2.75, 3.05) is 5.32 Å². The van der Waals surface area contributed by atoms with Crippen LogP contribution in [-0.2, 0) is 13.2 Å². The van der Waals surface area contributed by atoms with Gasteiger partial charge in [0.1, 0.15) is 29.7 Å². The maximum Gasteiger partial charge on any atom is 0.351 e. The molecule has 1 atom stereocenters. The van der Waals surface area contributed by atoms with Crippen molar-refractivity contribution < 1.29 is 32.2 Å². The van der Waals surface area contributed by atoms with Crippen molar-refractivity contribution in [3.05, 3.63) is 81.5 Å². The number of nitrogens with one attached hydrogen (secondary N) is 1. The van der Waals surface area contributed by atoms with Crippen molar-refractivity contribution in [2.45, 2.75) is 39.0 Å². The fraction of sp³-hybridized carbons (Fsp3) is 0.261. The number of alkyl halides is 2. The van der Waals surface area contributed by atoms with Gasteiger partial charge in [-0.1, -0.05) is 23.7 Å². The Kier molecular flexibility index (Phi) is 7.89. The van der Waals surface area contributed by atoms with Crippen LogP contribution in [0.3, 0.4) is 0 Å². The molecule has 8 nitrogen and oxygen atoms in total. The SMILES string of the molecule is C=CCn1c(CO)nn(-c2cc(O[C@@H](C)C(C)(F)F)c(C(=O)Nc3c(F)cccc3Cl)cc2F)c1=O. The number of amides is 1. The monoisotopic (exact) mass is 528 g/mol. The molecule has 0 bridgehead atoms. The van der Waals surface area contributed by atoms with E-state index in [1.54, 1.807) is 0 Å². The Morgan fingerprint density at radius 3 is 2.61 bits per heavy atom. The molecule has 0 aliphatic rings. The highest BCUT2D eigenvalue weighted by molar-refractivity contribution is 6.34. The topological polar surface area (TPSA) is 98.4 Å². The zero-order valence-corrected chi connectivity index (χ0v) is 19.8. The van der Waals surface area contributed by atoms with E-state index in [0.29, 0.717) is 17.7 Å². The Morgan fingerprint density at radius 2 is 2.03 bits per heavy atom. The molecule has 2 aromatic carbocycles. The van der Waals surface area contributed by atoms with E-state index in [4.69, 9.17) is 16.3 Å². The second-order valence-electron chi connectivity index (χ2n) is 7.73. The quantitative estimate of drug-likeness (QED) is 0.318. The molecular weight excluding hydrogens is 508 g/mol. The summed E-state index contributed by atoms with van der Waals surface area (Å²) in [5.41, 5.74) is -2.40. The highest BCUT2D eigenvalue weighted by Crippen LogP contribution is 2.31. The van der Waals surface area contributed by atoms with Crippen LogP contribution < -0.4 is 15.7 Å². The van der Waals surface area contributed by atoms with Gasteiger partial charge in [-0.3, -0.25) is 9.36 Å². The number of hydrogen-bond donors (Lipinski definition) is 2. The summed E-state index contributed by atoms with van der Waals surface area (Å²) < 4.78 is 63.9. The fourth-order valence-electron chi connectivity index (χ4n) is 3.10. The third-order valence-corrected chi connectivity index (χ3v) is 5.45. The van der Waals surface area contributed by atoms with Crippen molar-refractivity contribution in [2.24, 2.45) is 0 Å². The summed E-state index contributed by atoms with van der Waals surface area (Å²) in [5.74, 6) is -7.19. The van der Waals surface area contributed by atoms with E-state index in [-0.39, 0.29) is 17.4 Å². The van der Waals surface area contributed by atoms with Crippen LogP contribution in [-0.4, -0.2) is 37.4 Å². The third-order valence-electron chi connectivity index (χ3n) is 5.13. The zero-order valence-electron chi connectivity index (χ0n) is 19.1. The van der Waals surface area contributed by atoms with E-state index in [1.807, 2.05) is 0 Å². The number of allylic oxidation sites excluding steroid dienone is 1. The van der Waals surface area contributed by atoms with Gasteiger partial charge in [0.05, 0.1) is 16.3 Å². The van der Waals surface area contributed by atoms with Crippen molar-refractivity contribution in [1.29, 1.82) is 0 Å². The maximum absolute atomic E-state index is 15.2. The van der Waals surface area contributed by atoms with Crippen molar-refractivity contribution in [1.82, 2.24) is 14.3 Å². The minimum Gasteiger partial charge on any atom is -0.484 e. The van der Waals surface area contributed by atoms with Crippen LogP contribution in [0.25, 0.3) is 5.69 Å². The van der Waals surface area contributed by atoms with E-state index in [2.05, 4.69) is 17.0 Å². The number of aliphatic hydroxyl groups excluding tert-OH is 1. The molecule has 0 aliphatic heterocycles. The number of carbonyl (C=O) groups excluding carboxylic acids is 1. The number of aromatic nitrogens is 3. The predicted octanol–water partition coefficient (Wildman–Crippen LogP) is 4.32. The molecule has 192 valence electrons. The molecule has 0 unspecified atom stereocenters. The normalized spacial score (nSPS) is 12.3. The molecule has 0 saturated carbocycles. The van der Waals surface area contributed by atoms with Gasteiger partial charge in [0, 0.05) is 19.5 Å². The predicted molar refractivity (Wildman–Crippen MR) is 124 cm³/mol. The van der Waals surface area contributed by atoms with E-state index >= 15 is 4.39 Å². The minimum atomic E-state index is -3.37. The maximum atomic E-state index is 15.2. The van der Waals surface area contributed by atoms with Crippen molar-refractivity contribution in [3.8, 4) is 11.4 Å². The van der Waals surface area contributed by atoms with E-state index < -0.39 is 64.6 Å². The van der Waals surface area contributed by atoms with Crippen LogP contribution in [0.5, 0.6) is 5.75 Å². The lowest BCUT2D eigenvalue weighted by molar-refractivity contribution is -0.0719.